The SMILES string of the molecule is CC(C)(C)OC(=O)N1CCC(N(CCO)C2CCCCC2)CC1. The Hall–Kier alpha value is -0.810. The van der Waals surface area contributed by atoms with Crippen LogP contribution in [0.3, 0.4) is 0 Å². The molecule has 0 spiro atoms. The van der Waals surface area contributed by atoms with Crippen LogP contribution in [-0.2, 0) is 4.74 Å². The Bertz CT molecular complexity index is 367. The van der Waals surface area contributed by atoms with E-state index in [0.717, 1.165) is 32.5 Å². The van der Waals surface area contributed by atoms with Crippen molar-refractivity contribution >= 4 is 6.09 Å². The first-order valence-electron chi connectivity index (χ1n) is 9.25. The second-order valence-electron chi connectivity index (χ2n) is 7.95. The van der Waals surface area contributed by atoms with E-state index >= 15 is 0 Å². The Morgan fingerprint density at radius 3 is 2.17 bits per heavy atom. The standard InChI is InChI=1S/C18H34N2O3/c1-18(2,3)23-17(22)19-11-9-16(10-12-19)20(13-14-21)15-7-5-4-6-8-15/h15-16,21H,4-14H2,1-3H3. The number of hydrogen-bond acceptors (Lipinski definition) is 4. The van der Waals surface area contributed by atoms with Crippen LogP contribution in [0, 0.1) is 0 Å². The topological polar surface area (TPSA) is 53.0 Å². The number of piperidine rings is 1. The van der Waals surface area contributed by atoms with E-state index < -0.39 is 5.60 Å². The predicted octanol–water partition coefficient (Wildman–Crippen LogP) is 3.01. The van der Waals surface area contributed by atoms with E-state index in [9.17, 15) is 9.90 Å². The van der Waals surface area contributed by atoms with Gasteiger partial charge in [-0.05, 0) is 46.5 Å². The fourth-order valence-electron chi connectivity index (χ4n) is 3.90. The van der Waals surface area contributed by atoms with Crippen molar-refractivity contribution in [3.63, 3.8) is 0 Å². The number of likely N-dealkylation sites (tertiary alicyclic amines) is 1. The summed E-state index contributed by atoms with van der Waals surface area (Å²) in [7, 11) is 0. The summed E-state index contributed by atoms with van der Waals surface area (Å²) in [5.41, 5.74) is -0.432. The first-order valence-corrected chi connectivity index (χ1v) is 9.25. The number of ether oxygens (including phenoxy) is 1. The Morgan fingerprint density at radius 1 is 1.09 bits per heavy atom. The molecule has 0 aromatic rings. The molecule has 5 heteroatoms. The van der Waals surface area contributed by atoms with E-state index in [1.54, 1.807) is 0 Å². The maximum Gasteiger partial charge on any atom is 0.410 e. The minimum Gasteiger partial charge on any atom is -0.444 e. The van der Waals surface area contributed by atoms with Crippen LogP contribution in [0.15, 0.2) is 0 Å². The van der Waals surface area contributed by atoms with Crippen LogP contribution in [0.25, 0.3) is 0 Å². The lowest BCUT2D eigenvalue weighted by Gasteiger charge is -2.43. The number of amides is 1. The summed E-state index contributed by atoms with van der Waals surface area (Å²) in [4.78, 5) is 16.5. The highest BCUT2D eigenvalue weighted by Gasteiger charge is 2.32. The highest BCUT2D eigenvalue weighted by molar-refractivity contribution is 5.68. The molecule has 23 heavy (non-hydrogen) atoms. The van der Waals surface area contributed by atoms with Gasteiger partial charge in [-0.2, -0.15) is 0 Å². The summed E-state index contributed by atoms with van der Waals surface area (Å²) in [5, 5.41) is 9.44. The van der Waals surface area contributed by atoms with E-state index in [2.05, 4.69) is 4.90 Å². The lowest BCUT2D eigenvalue weighted by Crippen LogP contribution is -2.52. The first kappa shape index (κ1) is 18.5. The lowest BCUT2D eigenvalue weighted by atomic mass is 9.91. The third-order valence-electron chi connectivity index (χ3n) is 4.99. The van der Waals surface area contributed by atoms with Gasteiger partial charge in [-0.25, -0.2) is 4.79 Å². The van der Waals surface area contributed by atoms with E-state index in [4.69, 9.17) is 4.74 Å². The molecule has 5 nitrogen and oxygen atoms in total. The molecule has 1 aliphatic carbocycles. The summed E-state index contributed by atoms with van der Waals surface area (Å²) in [6.07, 6.45) is 8.25. The van der Waals surface area contributed by atoms with E-state index in [1.807, 2.05) is 25.7 Å². The maximum absolute atomic E-state index is 12.2. The van der Waals surface area contributed by atoms with Crippen LogP contribution < -0.4 is 0 Å². The van der Waals surface area contributed by atoms with Gasteiger partial charge < -0.3 is 14.7 Å². The monoisotopic (exact) mass is 326 g/mol. The van der Waals surface area contributed by atoms with Gasteiger partial charge in [-0.15, -0.1) is 0 Å². The zero-order chi connectivity index (χ0) is 16.9. The number of hydrogen-bond donors (Lipinski definition) is 1. The predicted molar refractivity (Wildman–Crippen MR) is 91.5 cm³/mol. The van der Waals surface area contributed by atoms with Crippen LogP contribution in [0.4, 0.5) is 4.79 Å². The smallest absolute Gasteiger partial charge is 0.410 e. The minimum atomic E-state index is -0.432. The Morgan fingerprint density at radius 2 is 1.65 bits per heavy atom. The molecule has 0 aromatic carbocycles. The van der Waals surface area contributed by atoms with Crippen LogP contribution in [0.1, 0.15) is 65.7 Å². The molecule has 1 N–H and O–H groups in total. The second-order valence-corrected chi connectivity index (χ2v) is 7.95. The molecule has 0 aromatic heterocycles. The number of carbonyl (C=O) groups is 1. The average Bonchev–Trinajstić information content (AvgIpc) is 2.52. The van der Waals surface area contributed by atoms with Crippen molar-refractivity contribution in [2.45, 2.75) is 83.4 Å². The van der Waals surface area contributed by atoms with Crippen molar-refractivity contribution in [1.82, 2.24) is 9.80 Å². The first-order chi connectivity index (χ1) is 10.9. The van der Waals surface area contributed by atoms with Gasteiger partial charge >= 0.3 is 6.09 Å². The van der Waals surface area contributed by atoms with Gasteiger partial charge in [0.25, 0.3) is 0 Å². The third-order valence-corrected chi connectivity index (χ3v) is 4.99. The van der Waals surface area contributed by atoms with Gasteiger partial charge in [0, 0.05) is 31.7 Å². The fraction of sp³-hybridized carbons (Fsp3) is 0.944. The molecule has 2 rings (SSSR count). The quantitative estimate of drug-likeness (QED) is 0.863. The third kappa shape index (κ3) is 5.64. The summed E-state index contributed by atoms with van der Waals surface area (Å²) in [5.74, 6) is 0. The molecule has 134 valence electrons. The second kappa shape index (κ2) is 8.34. The fourth-order valence-corrected chi connectivity index (χ4v) is 3.90. The highest BCUT2D eigenvalue weighted by atomic mass is 16.6. The van der Waals surface area contributed by atoms with Crippen molar-refractivity contribution in [2.75, 3.05) is 26.2 Å². The molecule has 2 fully saturated rings. The van der Waals surface area contributed by atoms with E-state index in [1.165, 1.54) is 32.1 Å². The summed E-state index contributed by atoms with van der Waals surface area (Å²) < 4.78 is 5.47. The molecule has 0 bridgehead atoms. The van der Waals surface area contributed by atoms with Crippen LogP contribution in [-0.4, -0.2) is 64.9 Å². The van der Waals surface area contributed by atoms with Gasteiger partial charge in [0.05, 0.1) is 6.61 Å². The molecule has 1 saturated heterocycles. The molecule has 1 heterocycles. The number of aliphatic hydroxyl groups is 1. The van der Waals surface area contributed by atoms with Crippen molar-refractivity contribution in [2.24, 2.45) is 0 Å². The van der Waals surface area contributed by atoms with Gasteiger partial charge in [-0.3, -0.25) is 4.90 Å². The zero-order valence-corrected chi connectivity index (χ0v) is 15.1. The van der Waals surface area contributed by atoms with Crippen LogP contribution in [0.5, 0.6) is 0 Å². The van der Waals surface area contributed by atoms with Gasteiger partial charge in [-0.1, -0.05) is 19.3 Å². The molecular weight excluding hydrogens is 292 g/mol. The van der Waals surface area contributed by atoms with Crippen molar-refractivity contribution in [3.05, 3.63) is 0 Å². The maximum atomic E-state index is 12.2. The van der Waals surface area contributed by atoms with Gasteiger partial charge in [0.15, 0.2) is 0 Å². The Kier molecular flexibility index (Phi) is 6.72. The number of aliphatic hydroxyl groups excluding tert-OH is 1. The molecule has 0 atom stereocenters. The molecule has 1 aliphatic heterocycles. The summed E-state index contributed by atoms with van der Waals surface area (Å²) >= 11 is 0. The Balaban J connectivity index is 1.86. The zero-order valence-electron chi connectivity index (χ0n) is 15.1. The number of carbonyl (C=O) groups excluding carboxylic acids is 1. The minimum absolute atomic E-state index is 0.192. The molecular formula is C18H34N2O3. The molecule has 2 aliphatic rings. The summed E-state index contributed by atoms with van der Waals surface area (Å²) in [6.45, 7) is 8.23. The molecule has 0 radical (unpaired) electrons. The van der Waals surface area contributed by atoms with Gasteiger partial charge in [0.2, 0.25) is 0 Å². The number of nitrogens with zero attached hydrogens (tertiary/aromatic N) is 2. The molecule has 1 amide bonds. The van der Waals surface area contributed by atoms with Gasteiger partial charge in [0.1, 0.15) is 5.60 Å². The van der Waals surface area contributed by atoms with Crippen LogP contribution in [0.2, 0.25) is 0 Å². The highest BCUT2D eigenvalue weighted by Crippen LogP contribution is 2.28. The molecule has 1 saturated carbocycles. The van der Waals surface area contributed by atoms with Crippen molar-refractivity contribution in [1.29, 1.82) is 0 Å². The Labute approximate surface area is 141 Å². The van der Waals surface area contributed by atoms with E-state index in [0.29, 0.717) is 12.1 Å². The average molecular weight is 326 g/mol. The largest absolute Gasteiger partial charge is 0.444 e. The van der Waals surface area contributed by atoms with Crippen molar-refractivity contribution in [3.8, 4) is 0 Å². The normalized spacial score (nSPS) is 21.7. The van der Waals surface area contributed by atoms with Crippen molar-refractivity contribution < 1.29 is 14.6 Å². The van der Waals surface area contributed by atoms with E-state index in [-0.39, 0.29) is 12.7 Å². The lowest BCUT2D eigenvalue weighted by molar-refractivity contribution is 0.00600. The number of rotatable bonds is 4. The summed E-state index contributed by atoms with van der Waals surface area (Å²) in [6, 6.07) is 1.11. The molecule has 0 unspecified atom stereocenters. The van der Waals surface area contributed by atoms with Crippen LogP contribution >= 0.6 is 0 Å².